The second-order valence-electron chi connectivity index (χ2n) is 7.34. The molecule has 0 spiro atoms. The summed E-state index contributed by atoms with van der Waals surface area (Å²) < 4.78 is 12.9. The molecule has 30 heavy (non-hydrogen) atoms. The zero-order chi connectivity index (χ0) is 19.9. The highest BCUT2D eigenvalue weighted by atomic mass is 16.4. The van der Waals surface area contributed by atoms with Crippen molar-refractivity contribution in [1.82, 2.24) is 0 Å². The molecule has 2 nitrogen and oxygen atoms in total. The predicted octanol–water partition coefficient (Wildman–Crippen LogP) is 8.18. The van der Waals surface area contributed by atoms with Crippen LogP contribution in [0.25, 0.3) is 55.7 Å². The fourth-order valence-corrected chi connectivity index (χ4v) is 4.16. The largest absolute Gasteiger partial charge is 0.452 e. The lowest BCUT2D eigenvalue weighted by Crippen LogP contribution is -1.80. The maximum Gasteiger partial charge on any atom is 0.179 e. The van der Waals surface area contributed by atoms with Gasteiger partial charge in [-0.05, 0) is 11.6 Å². The number of rotatable bonds is 3. The molecule has 0 amide bonds. The first-order chi connectivity index (χ1) is 14.9. The minimum atomic E-state index is 0.763. The zero-order valence-electron chi connectivity index (χ0n) is 16.2. The average Bonchev–Trinajstić information content (AvgIpc) is 3.39. The summed E-state index contributed by atoms with van der Waals surface area (Å²) in [5, 5.41) is 3.21. The van der Waals surface area contributed by atoms with Gasteiger partial charge in [-0.2, -0.15) is 0 Å². The molecule has 0 unspecified atom stereocenters. The van der Waals surface area contributed by atoms with Gasteiger partial charge in [0.25, 0.3) is 0 Å². The van der Waals surface area contributed by atoms with Crippen molar-refractivity contribution in [3.8, 4) is 34.0 Å². The minimum Gasteiger partial charge on any atom is -0.452 e. The molecule has 0 atom stereocenters. The molecular formula is C28H18O2. The van der Waals surface area contributed by atoms with Crippen LogP contribution in [0, 0.1) is 0 Å². The first-order valence-electron chi connectivity index (χ1n) is 10.0. The van der Waals surface area contributed by atoms with Crippen molar-refractivity contribution in [3.63, 3.8) is 0 Å². The van der Waals surface area contributed by atoms with Crippen molar-refractivity contribution in [1.29, 1.82) is 0 Å². The van der Waals surface area contributed by atoms with Gasteiger partial charge in [-0.15, -0.1) is 0 Å². The maximum absolute atomic E-state index is 6.54. The molecule has 0 fully saturated rings. The Labute approximate surface area is 174 Å². The third-order valence-electron chi connectivity index (χ3n) is 5.52. The van der Waals surface area contributed by atoms with Crippen LogP contribution in [0.2, 0.25) is 0 Å². The van der Waals surface area contributed by atoms with Crippen LogP contribution in [0.4, 0.5) is 0 Å². The molecule has 142 valence electrons. The van der Waals surface area contributed by atoms with E-state index in [1.54, 1.807) is 0 Å². The number of para-hydroxylation sites is 1. The van der Waals surface area contributed by atoms with Crippen molar-refractivity contribution < 1.29 is 8.83 Å². The monoisotopic (exact) mass is 386 g/mol. The van der Waals surface area contributed by atoms with Gasteiger partial charge in [0.1, 0.15) is 11.3 Å². The Hall–Kier alpha value is -4.04. The summed E-state index contributed by atoms with van der Waals surface area (Å²) in [7, 11) is 0. The van der Waals surface area contributed by atoms with Gasteiger partial charge >= 0.3 is 0 Å². The quantitative estimate of drug-likeness (QED) is 0.306. The van der Waals surface area contributed by atoms with Gasteiger partial charge in [0.15, 0.2) is 11.5 Å². The van der Waals surface area contributed by atoms with Crippen molar-refractivity contribution in [3.05, 3.63) is 109 Å². The lowest BCUT2D eigenvalue weighted by atomic mass is 9.99. The van der Waals surface area contributed by atoms with Gasteiger partial charge in [-0.3, -0.25) is 0 Å². The smallest absolute Gasteiger partial charge is 0.179 e. The highest BCUT2D eigenvalue weighted by Gasteiger charge is 2.24. The third kappa shape index (κ3) is 2.58. The van der Waals surface area contributed by atoms with E-state index in [1.807, 2.05) is 54.6 Å². The number of fused-ring (bicyclic) bond motifs is 2. The number of hydrogen-bond donors (Lipinski definition) is 0. The molecule has 0 N–H and O–H groups in total. The molecule has 2 heteroatoms. The van der Waals surface area contributed by atoms with Gasteiger partial charge in [-0.1, -0.05) is 103 Å². The predicted molar refractivity (Wildman–Crippen MR) is 122 cm³/mol. The van der Waals surface area contributed by atoms with Gasteiger partial charge < -0.3 is 8.83 Å². The van der Waals surface area contributed by atoms with E-state index in [1.165, 1.54) is 0 Å². The normalized spacial score (nSPS) is 11.3. The second kappa shape index (κ2) is 6.78. The first-order valence-corrected chi connectivity index (χ1v) is 10.0. The Morgan fingerprint density at radius 1 is 0.367 bits per heavy atom. The molecule has 0 saturated heterocycles. The molecule has 0 aliphatic heterocycles. The van der Waals surface area contributed by atoms with Crippen LogP contribution in [0.1, 0.15) is 0 Å². The summed E-state index contributed by atoms with van der Waals surface area (Å²) in [4.78, 5) is 0. The fraction of sp³-hybridized carbons (Fsp3) is 0. The highest BCUT2D eigenvalue weighted by Crippen LogP contribution is 2.46. The van der Waals surface area contributed by atoms with Gasteiger partial charge in [0, 0.05) is 27.3 Å². The van der Waals surface area contributed by atoms with Crippen LogP contribution in [0.5, 0.6) is 0 Å². The van der Waals surface area contributed by atoms with Crippen molar-refractivity contribution in [2.45, 2.75) is 0 Å². The van der Waals surface area contributed by atoms with Gasteiger partial charge in [-0.25, -0.2) is 0 Å². The van der Waals surface area contributed by atoms with Crippen LogP contribution < -0.4 is 0 Å². The van der Waals surface area contributed by atoms with E-state index in [2.05, 4.69) is 54.6 Å². The Morgan fingerprint density at radius 3 is 1.60 bits per heavy atom. The molecule has 0 aliphatic rings. The summed E-state index contributed by atoms with van der Waals surface area (Å²) >= 11 is 0. The Bertz CT molecular complexity index is 1470. The zero-order valence-corrected chi connectivity index (χ0v) is 16.2. The van der Waals surface area contributed by atoms with Crippen LogP contribution >= 0.6 is 0 Å². The van der Waals surface area contributed by atoms with Crippen molar-refractivity contribution >= 4 is 21.7 Å². The molecule has 0 radical (unpaired) electrons. The molecule has 4 aromatic carbocycles. The van der Waals surface area contributed by atoms with E-state index in [4.69, 9.17) is 8.83 Å². The van der Waals surface area contributed by atoms with E-state index in [0.29, 0.717) is 0 Å². The molecule has 0 aliphatic carbocycles. The fourth-order valence-electron chi connectivity index (χ4n) is 4.16. The molecular weight excluding hydrogens is 368 g/mol. The topological polar surface area (TPSA) is 26.3 Å². The SMILES string of the molecule is c1ccc(-c2c(-c3oc(-c4ccccc4)c4ccccc34)oc3ccccc23)cc1. The van der Waals surface area contributed by atoms with Crippen molar-refractivity contribution in [2.75, 3.05) is 0 Å². The van der Waals surface area contributed by atoms with Crippen molar-refractivity contribution in [2.24, 2.45) is 0 Å². The molecule has 0 bridgehead atoms. The lowest BCUT2D eigenvalue weighted by Gasteiger charge is -2.02. The summed E-state index contributed by atoms with van der Waals surface area (Å²) in [6.45, 7) is 0. The van der Waals surface area contributed by atoms with Crippen LogP contribution in [-0.2, 0) is 0 Å². The minimum absolute atomic E-state index is 0.763. The number of hydrogen-bond acceptors (Lipinski definition) is 2. The van der Waals surface area contributed by atoms with Crippen LogP contribution in [0.3, 0.4) is 0 Å². The summed E-state index contributed by atoms with van der Waals surface area (Å²) in [5.74, 6) is 2.39. The Kier molecular flexibility index (Phi) is 3.82. The van der Waals surface area contributed by atoms with E-state index < -0.39 is 0 Å². The Morgan fingerprint density at radius 2 is 0.900 bits per heavy atom. The average molecular weight is 386 g/mol. The first kappa shape index (κ1) is 16.9. The third-order valence-corrected chi connectivity index (χ3v) is 5.52. The number of furan rings is 2. The second-order valence-corrected chi connectivity index (χ2v) is 7.34. The van der Waals surface area contributed by atoms with Gasteiger partial charge in [0.05, 0.1) is 0 Å². The molecule has 2 aromatic heterocycles. The van der Waals surface area contributed by atoms with E-state index in [9.17, 15) is 0 Å². The van der Waals surface area contributed by atoms with Gasteiger partial charge in [0.2, 0.25) is 0 Å². The highest BCUT2D eigenvalue weighted by molar-refractivity contribution is 6.08. The van der Waals surface area contributed by atoms with E-state index in [-0.39, 0.29) is 0 Å². The lowest BCUT2D eigenvalue weighted by molar-refractivity contribution is 0.556. The van der Waals surface area contributed by atoms with E-state index in [0.717, 1.165) is 55.7 Å². The van der Waals surface area contributed by atoms with Crippen LogP contribution in [0.15, 0.2) is 118 Å². The summed E-state index contributed by atoms with van der Waals surface area (Å²) in [6.07, 6.45) is 0. The number of benzene rings is 4. The van der Waals surface area contributed by atoms with E-state index >= 15 is 0 Å². The summed E-state index contributed by atoms with van der Waals surface area (Å²) in [6, 6.07) is 37.0. The standard InChI is InChI=1S/C28H18O2/c1-3-11-19(12-4-1)25-23-17-9-10-18-24(23)29-28(25)27-22-16-8-7-15-21(22)26(30-27)20-13-5-2-6-14-20/h1-18H. The summed E-state index contributed by atoms with van der Waals surface area (Å²) in [5.41, 5.74) is 4.08. The molecule has 2 heterocycles. The molecule has 6 rings (SSSR count). The molecule has 0 saturated carbocycles. The molecule has 6 aromatic rings. The maximum atomic E-state index is 6.54. The Balaban J connectivity index is 1.70. The van der Waals surface area contributed by atoms with Crippen LogP contribution in [-0.4, -0.2) is 0 Å².